The van der Waals surface area contributed by atoms with Gasteiger partial charge in [-0.1, -0.05) is 12.1 Å². The standard InChI is InChI=1S/C18H30N2O/c1-14(2)20(12-16-5-6-16)18(3,13-19)11-15-7-9-17(21-4)10-8-15/h7-10,14,16H,5-6,11-13,19H2,1-4H3. The summed E-state index contributed by atoms with van der Waals surface area (Å²) in [5.41, 5.74) is 7.52. The van der Waals surface area contributed by atoms with E-state index in [1.54, 1.807) is 7.11 Å². The molecule has 118 valence electrons. The first kappa shape index (κ1) is 16.3. The maximum atomic E-state index is 6.18. The second-order valence-corrected chi connectivity index (χ2v) is 6.92. The Labute approximate surface area is 129 Å². The molecule has 2 rings (SSSR count). The molecule has 1 atom stereocenters. The Morgan fingerprint density at radius 1 is 1.29 bits per heavy atom. The molecule has 3 heteroatoms. The van der Waals surface area contributed by atoms with Crippen LogP contribution in [0.5, 0.6) is 5.75 Å². The Hall–Kier alpha value is -1.06. The van der Waals surface area contributed by atoms with Crippen molar-refractivity contribution >= 4 is 0 Å². The molecule has 1 unspecified atom stereocenters. The van der Waals surface area contributed by atoms with E-state index in [2.05, 4.69) is 37.8 Å². The molecule has 0 bridgehead atoms. The number of hydrogen-bond acceptors (Lipinski definition) is 3. The molecule has 3 nitrogen and oxygen atoms in total. The topological polar surface area (TPSA) is 38.5 Å². The van der Waals surface area contributed by atoms with E-state index in [1.807, 2.05) is 12.1 Å². The Morgan fingerprint density at radius 3 is 2.33 bits per heavy atom. The van der Waals surface area contributed by atoms with Crippen molar-refractivity contribution in [2.45, 2.75) is 51.6 Å². The van der Waals surface area contributed by atoms with Crippen molar-refractivity contribution in [1.29, 1.82) is 0 Å². The molecule has 0 aromatic heterocycles. The van der Waals surface area contributed by atoms with Crippen LogP contribution in [0.15, 0.2) is 24.3 Å². The summed E-state index contributed by atoms with van der Waals surface area (Å²) in [6, 6.07) is 8.90. The monoisotopic (exact) mass is 290 g/mol. The van der Waals surface area contributed by atoms with Crippen LogP contribution < -0.4 is 10.5 Å². The van der Waals surface area contributed by atoms with Gasteiger partial charge in [0.15, 0.2) is 0 Å². The number of ether oxygens (including phenoxy) is 1. The van der Waals surface area contributed by atoms with Gasteiger partial charge in [0.25, 0.3) is 0 Å². The van der Waals surface area contributed by atoms with Gasteiger partial charge in [-0.2, -0.15) is 0 Å². The fourth-order valence-corrected chi connectivity index (χ4v) is 3.11. The predicted molar refractivity (Wildman–Crippen MR) is 88.7 cm³/mol. The Kier molecular flexibility index (Phi) is 5.28. The van der Waals surface area contributed by atoms with E-state index in [0.29, 0.717) is 12.6 Å². The lowest BCUT2D eigenvalue weighted by molar-refractivity contribution is 0.0703. The molecule has 1 fully saturated rings. The first-order chi connectivity index (χ1) is 9.98. The third-order valence-corrected chi connectivity index (χ3v) is 4.65. The van der Waals surface area contributed by atoms with Crippen LogP contribution in [0, 0.1) is 5.92 Å². The van der Waals surface area contributed by atoms with Crippen molar-refractivity contribution < 1.29 is 4.74 Å². The van der Waals surface area contributed by atoms with Crippen molar-refractivity contribution in [1.82, 2.24) is 4.90 Å². The van der Waals surface area contributed by atoms with Gasteiger partial charge >= 0.3 is 0 Å². The molecule has 0 saturated heterocycles. The fourth-order valence-electron chi connectivity index (χ4n) is 3.11. The van der Waals surface area contributed by atoms with Gasteiger partial charge in [-0.15, -0.1) is 0 Å². The van der Waals surface area contributed by atoms with Gasteiger partial charge in [-0.3, -0.25) is 4.90 Å². The number of methoxy groups -OCH3 is 1. The average molecular weight is 290 g/mol. The summed E-state index contributed by atoms with van der Waals surface area (Å²) in [6.07, 6.45) is 3.75. The van der Waals surface area contributed by atoms with E-state index >= 15 is 0 Å². The van der Waals surface area contributed by atoms with Gasteiger partial charge in [-0.25, -0.2) is 0 Å². The predicted octanol–water partition coefficient (Wildman–Crippen LogP) is 3.08. The summed E-state index contributed by atoms with van der Waals surface area (Å²) in [5.74, 6) is 1.79. The van der Waals surface area contributed by atoms with Gasteiger partial charge in [-0.05, 0) is 63.6 Å². The highest BCUT2D eigenvalue weighted by Gasteiger charge is 2.36. The van der Waals surface area contributed by atoms with Crippen molar-refractivity contribution in [3.8, 4) is 5.75 Å². The van der Waals surface area contributed by atoms with Crippen LogP contribution >= 0.6 is 0 Å². The molecular weight excluding hydrogens is 260 g/mol. The van der Waals surface area contributed by atoms with Gasteiger partial charge < -0.3 is 10.5 Å². The maximum absolute atomic E-state index is 6.18. The van der Waals surface area contributed by atoms with Crippen LogP contribution in [0.4, 0.5) is 0 Å². The summed E-state index contributed by atoms with van der Waals surface area (Å²) < 4.78 is 5.24. The summed E-state index contributed by atoms with van der Waals surface area (Å²) in [7, 11) is 1.70. The van der Waals surface area contributed by atoms with Crippen LogP contribution in [-0.4, -0.2) is 36.7 Å². The Morgan fingerprint density at radius 2 is 1.90 bits per heavy atom. The highest BCUT2D eigenvalue weighted by molar-refractivity contribution is 5.28. The fraction of sp³-hybridized carbons (Fsp3) is 0.667. The molecular formula is C18H30N2O. The zero-order chi connectivity index (χ0) is 15.5. The summed E-state index contributed by atoms with van der Waals surface area (Å²) in [4.78, 5) is 2.61. The normalized spacial score (nSPS) is 18.0. The minimum Gasteiger partial charge on any atom is -0.497 e. The van der Waals surface area contributed by atoms with E-state index in [9.17, 15) is 0 Å². The van der Waals surface area contributed by atoms with Crippen LogP contribution in [0.25, 0.3) is 0 Å². The zero-order valence-electron chi connectivity index (χ0n) is 13.9. The van der Waals surface area contributed by atoms with Crippen LogP contribution in [-0.2, 0) is 6.42 Å². The second kappa shape index (κ2) is 6.80. The van der Waals surface area contributed by atoms with Gasteiger partial charge in [0.05, 0.1) is 7.11 Å². The lowest BCUT2D eigenvalue weighted by atomic mass is 9.89. The zero-order valence-corrected chi connectivity index (χ0v) is 13.9. The molecule has 1 saturated carbocycles. The molecule has 0 heterocycles. The minimum absolute atomic E-state index is 0.0192. The van der Waals surface area contributed by atoms with E-state index in [4.69, 9.17) is 10.5 Å². The van der Waals surface area contributed by atoms with Gasteiger partial charge in [0.2, 0.25) is 0 Å². The average Bonchev–Trinajstić information content (AvgIpc) is 3.29. The SMILES string of the molecule is COc1ccc(CC(C)(CN)N(CC2CC2)C(C)C)cc1. The maximum Gasteiger partial charge on any atom is 0.118 e. The highest BCUT2D eigenvalue weighted by Crippen LogP contribution is 2.34. The van der Waals surface area contributed by atoms with Crippen molar-refractivity contribution in [3.05, 3.63) is 29.8 Å². The van der Waals surface area contributed by atoms with E-state index in [0.717, 1.165) is 18.1 Å². The second-order valence-electron chi connectivity index (χ2n) is 6.92. The van der Waals surface area contributed by atoms with Gasteiger partial charge in [0, 0.05) is 24.7 Å². The number of nitrogens with two attached hydrogens (primary N) is 1. The van der Waals surface area contributed by atoms with Crippen molar-refractivity contribution in [3.63, 3.8) is 0 Å². The summed E-state index contributed by atoms with van der Waals surface area (Å²) >= 11 is 0. The minimum atomic E-state index is 0.0192. The number of hydrogen-bond donors (Lipinski definition) is 1. The first-order valence-electron chi connectivity index (χ1n) is 8.08. The molecule has 1 aromatic carbocycles. The quantitative estimate of drug-likeness (QED) is 0.799. The molecule has 0 aliphatic heterocycles. The van der Waals surface area contributed by atoms with E-state index < -0.39 is 0 Å². The first-order valence-corrected chi connectivity index (χ1v) is 8.08. The summed E-state index contributed by atoms with van der Waals surface area (Å²) in [5, 5.41) is 0. The number of nitrogens with zero attached hydrogens (tertiary/aromatic N) is 1. The van der Waals surface area contributed by atoms with Gasteiger partial charge in [0.1, 0.15) is 5.75 Å². The molecule has 1 aliphatic carbocycles. The third-order valence-electron chi connectivity index (χ3n) is 4.65. The summed E-state index contributed by atoms with van der Waals surface area (Å²) in [6.45, 7) is 8.74. The van der Waals surface area contributed by atoms with Crippen LogP contribution in [0.3, 0.4) is 0 Å². The third kappa shape index (κ3) is 4.21. The molecule has 0 spiro atoms. The molecule has 1 aromatic rings. The molecule has 2 N–H and O–H groups in total. The lowest BCUT2D eigenvalue weighted by Gasteiger charge is -2.44. The lowest BCUT2D eigenvalue weighted by Crippen LogP contribution is -2.56. The Balaban J connectivity index is 2.12. The number of rotatable bonds is 8. The number of benzene rings is 1. The van der Waals surface area contributed by atoms with Crippen LogP contribution in [0.1, 0.15) is 39.2 Å². The Bertz CT molecular complexity index is 439. The highest BCUT2D eigenvalue weighted by atomic mass is 16.5. The molecule has 0 amide bonds. The van der Waals surface area contributed by atoms with E-state index in [1.165, 1.54) is 24.9 Å². The largest absolute Gasteiger partial charge is 0.497 e. The molecule has 21 heavy (non-hydrogen) atoms. The van der Waals surface area contributed by atoms with E-state index in [-0.39, 0.29) is 5.54 Å². The smallest absolute Gasteiger partial charge is 0.118 e. The van der Waals surface area contributed by atoms with Crippen molar-refractivity contribution in [2.75, 3.05) is 20.2 Å². The van der Waals surface area contributed by atoms with Crippen LogP contribution in [0.2, 0.25) is 0 Å². The van der Waals surface area contributed by atoms with Crippen molar-refractivity contribution in [2.24, 2.45) is 11.7 Å². The molecule has 1 aliphatic rings. The molecule has 0 radical (unpaired) electrons.